The van der Waals surface area contributed by atoms with Crippen LogP contribution in [0.5, 0.6) is 0 Å². The van der Waals surface area contributed by atoms with Crippen molar-refractivity contribution in [2.24, 2.45) is 12.8 Å². The van der Waals surface area contributed by atoms with Gasteiger partial charge in [-0.15, -0.1) is 0 Å². The van der Waals surface area contributed by atoms with E-state index in [1.165, 1.54) is 10.9 Å². The first-order valence-electron chi connectivity index (χ1n) is 3.24. The molecule has 0 saturated carbocycles. The van der Waals surface area contributed by atoms with Crippen molar-refractivity contribution in [2.75, 3.05) is 0 Å². The normalized spacial score (nSPS) is 13.8. The lowest BCUT2D eigenvalue weighted by Crippen LogP contribution is -2.21. The van der Waals surface area contributed by atoms with Crippen molar-refractivity contribution in [1.82, 2.24) is 9.55 Å². The SMILES string of the molecule is Cn1cnc(Cl)c1C(N)C(F)F. The predicted octanol–water partition coefficient (Wildman–Crippen LogP) is 1.34. The molecule has 1 aromatic heterocycles. The number of aryl methyl sites for hydroxylation is 1. The first-order valence-corrected chi connectivity index (χ1v) is 3.62. The Labute approximate surface area is 73.1 Å². The van der Waals surface area contributed by atoms with E-state index in [0.29, 0.717) is 0 Å². The molecule has 6 heteroatoms. The number of imidazole rings is 1. The Balaban J connectivity index is 3.00. The molecular weight excluding hydrogens is 188 g/mol. The summed E-state index contributed by atoms with van der Waals surface area (Å²) in [5.41, 5.74) is 5.35. The van der Waals surface area contributed by atoms with Crippen LogP contribution in [-0.4, -0.2) is 16.0 Å². The standard InChI is InChI=1S/C6H8ClF2N3/c1-12-2-11-5(7)4(12)3(10)6(8)9/h2-3,6H,10H2,1H3. The minimum atomic E-state index is -2.63. The van der Waals surface area contributed by atoms with Crippen LogP contribution in [0, 0.1) is 0 Å². The predicted molar refractivity (Wildman–Crippen MR) is 41.2 cm³/mol. The number of aromatic nitrogens is 2. The molecule has 0 spiro atoms. The molecule has 68 valence electrons. The maximum Gasteiger partial charge on any atom is 0.259 e. The van der Waals surface area contributed by atoms with E-state index in [-0.39, 0.29) is 10.8 Å². The molecule has 0 saturated heterocycles. The van der Waals surface area contributed by atoms with Gasteiger partial charge in [0.05, 0.1) is 12.0 Å². The fourth-order valence-corrected chi connectivity index (χ4v) is 1.21. The van der Waals surface area contributed by atoms with E-state index in [9.17, 15) is 8.78 Å². The van der Waals surface area contributed by atoms with Gasteiger partial charge in [-0.1, -0.05) is 11.6 Å². The second-order valence-electron chi connectivity index (χ2n) is 2.39. The third-order valence-electron chi connectivity index (χ3n) is 1.52. The molecule has 0 radical (unpaired) electrons. The van der Waals surface area contributed by atoms with Gasteiger partial charge in [-0.2, -0.15) is 0 Å². The molecule has 1 unspecified atom stereocenters. The Morgan fingerprint density at radius 3 is 2.58 bits per heavy atom. The summed E-state index contributed by atoms with van der Waals surface area (Å²) in [5.74, 6) is 0. The van der Waals surface area contributed by atoms with Crippen molar-refractivity contribution >= 4 is 11.6 Å². The monoisotopic (exact) mass is 195 g/mol. The van der Waals surface area contributed by atoms with Crippen LogP contribution < -0.4 is 5.73 Å². The molecule has 3 nitrogen and oxygen atoms in total. The van der Waals surface area contributed by atoms with E-state index in [4.69, 9.17) is 17.3 Å². The van der Waals surface area contributed by atoms with E-state index in [1.54, 1.807) is 7.05 Å². The van der Waals surface area contributed by atoms with Crippen LogP contribution in [0.2, 0.25) is 5.15 Å². The molecule has 1 atom stereocenters. The fraction of sp³-hybridized carbons (Fsp3) is 0.500. The van der Waals surface area contributed by atoms with Crippen LogP contribution in [-0.2, 0) is 7.05 Å². The van der Waals surface area contributed by atoms with E-state index in [0.717, 1.165) is 0 Å². The average Bonchev–Trinajstić information content (AvgIpc) is 2.30. The summed E-state index contributed by atoms with van der Waals surface area (Å²) in [4.78, 5) is 3.63. The van der Waals surface area contributed by atoms with Crippen molar-refractivity contribution in [2.45, 2.75) is 12.5 Å². The van der Waals surface area contributed by atoms with Gasteiger partial charge < -0.3 is 10.3 Å². The minimum Gasteiger partial charge on any atom is -0.335 e. The van der Waals surface area contributed by atoms with Gasteiger partial charge in [-0.25, -0.2) is 13.8 Å². The van der Waals surface area contributed by atoms with E-state index >= 15 is 0 Å². The van der Waals surface area contributed by atoms with E-state index in [2.05, 4.69) is 4.98 Å². The van der Waals surface area contributed by atoms with Gasteiger partial charge in [0.2, 0.25) is 0 Å². The molecule has 1 heterocycles. The quantitative estimate of drug-likeness (QED) is 0.774. The molecule has 0 aliphatic carbocycles. The summed E-state index contributed by atoms with van der Waals surface area (Å²) in [6.07, 6.45) is -1.28. The van der Waals surface area contributed by atoms with Crippen LogP contribution >= 0.6 is 11.6 Å². The summed E-state index contributed by atoms with van der Waals surface area (Å²) < 4.78 is 25.6. The van der Waals surface area contributed by atoms with E-state index in [1.807, 2.05) is 0 Å². The molecule has 0 aromatic carbocycles. The van der Waals surface area contributed by atoms with Crippen LogP contribution in [0.1, 0.15) is 11.7 Å². The van der Waals surface area contributed by atoms with Crippen molar-refractivity contribution in [3.8, 4) is 0 Å². The molecule has 12 heavy (non-hydrogen) atoms. The maximum atomic E-state index is 12.1. The Hall–Kier alpha value is -0.680. The molecule has 1 aromatic rings. The zero-order valence-electron chi connectivity index (χ0n) is 6.34. The van der Waals surface area contributed by atoms with Crippen molar-refractivity contribution in [3.63, 3.8) is 0 Å². The van der Waals surface area contributed by atoms with E-state index < -0.39 is 12.5 Å². The lowest BCUT2D eigenvalue weighted by molar-refractivity contribution is 0.113. The summed E-state index contributed by atoms with van der Waals surface area (Å²) in [6.45, 7) is 0. The lowest BCUT2D eigenvalue weighted by Gasteiger charge is -2.10. The Kier molecular flexibility index (Phi) is 2.64. The Morgan fingerprint density at radius 2 is 2.25 bits per heavy atom. The van der Waals surface area contributed by atoms with Gasteiger partial charge in [0.1, 0.15) is 6.04 Å². The van der Waals surface area contributed by atoms with Crippen molar-refractivity contribution in [1.29, 1.82) is 0 Å². The highest BCUT2D eigenvalue weighted by Crippen LogP contribution is 2.23. The topological polar surface area (TPSA) is 43.8 Å². The third-order valence-corrected chi connectivity index (χ3v) is 1.81. The molecule has 0 amide bonds. The number of hydrogen-bond acceptors (Lipinski definition) is 2. The van der Waals surface area contributed by atoms with Gasteiger partial charge in [0, 0.05) is 7.05 Å². The van der Waals surface area contributed by atoms with Gasteiger partial charge in [0.25, 0.3) is 6.43 Å². The van der Waals surface area contributed by atoms with Crippen LogP contribution in [0.15, 0.2) is 6.33 Å². The smallest absolute Gasteiger partial charge is 0.259 e. The number of halogens is 3. The summed E-state index contributed by atoms with van der Waals surface area (Å²) >= 11 is 5.54. The zero-order chi connectivity index (χ0) is 9.30. The van der Waals surface area contributed by atoms with Crippen molar-refractivity contribution < 1.29 is 8.78 Å². The largest absolute Gasteiger partial charge is 0.335 e. The molecule has 0 aliphatic rings. The summed E-state index contributed by atoms with van der Waals surface area (Å²) in [6, 6.07) is -1.37. The third kappa shape index (κ3) is 1.56. The first-order chi connectivity index (χ1) is 5.54. The average molecular weight is 196 g/mol. The molecule has 2 N–H and O–H groups in total. The molecule has 0 aliphatic heterocycles. The molecule has 0 bridgehead atoms. The second-order valence-corrected chi connectivity index (χ2v) is 2.75. The van der Waals surface area contributed by atoms with Crippen LogP contribution in [0.25, 0.3) is 0 Å². The Bertz CT molecular complexity index is 254. The van der Waals surface area contributed by atoms with Gasteiger partial charge >= 0.3 is 0 Å². The maximum absolute atomic E-state index is 12.1. The lowest BCUT2D eigenvalue weighted by atomic mass is 10.2. The fourth-order valence-electron chi connectivity index (χ4n) is 0.903. The highest BCUT2D eigenvalue weighted by Gasteiger charge is 2.23. The Morgan fingerprint density at radius 1 is 1.67 bits per heavy atom. The second kappa shape index (κ2) is 3.37. The van der Waals surface area contributed by atoms with Crippen LogP contribution in [0.4, 0.5) is 8.78 Å². The molecule has 1 rings (SSSR count). The number of nitrogens with zero attached hydrogens (tertiary/aromatic N) is 2. The van der Waals surface area contributed by atoms with Gasteiger partial charge in [-0.05, 0) is 0 Å². The summed E-state index contributed by atoms with van der Waals surface area (Å²) in [7, 11) is 1.57. The number of alkyl halides is 2. The molecule has 0 fully saturated rings. The van der Waals surface area contributed by atoms with Gasteiger partial charge in [0.15, 0.2) is 5.15 Å². The highest BCUT2D eigenvalue weighted by atomic mass is 35.5. The minimum absolute atomic E-state index is 0.0327. The first kappa shape index (κ1) is 9.41. The number of hydrogen-bond donors (Lipinski definition) is 1. The van der Waals surface area contributed by atoms with Crippen LogP contribution in [0.3, 0.4) is 0 Å². The van der Waals surface area contributed by atoms with Gasteiger partial charge in [-0.3, -0.25) is 0 Å². The summed E-state index contributed by atoms with van der Waals surface area (Å²) in [5, 5.41) is 0.0327. The zero-order valence-corrected chi connectivity index (χ0v) is 7.09. The number of nitrogens with two attached hydrogens (primary N) is 1. The molecular formula is C6H8ClF2N3. The highest BCUT2D eigenvalue weighted by molar-refractivity contribution is 6.30. The number of rotatable bonds is 2. The van der Waals surface area contributed by atoms with Crippen molar-refractivity contribution in [3.05, 3.63) is 17.2 Å².